The van der Waals surface area contributed by atoms with Crippen LogP contribution in [0.1, 0.15) is 0 Å². The van der Waals surface area contributed by atoms with Crippen molar-refractivity contribution in [3.05, 3.63) is 212 Å². The molecule has 2 aromatic heterocycles. The maximum Gasteiger partial charge on any atom is 0.164 e. The van der Waals surface area contributed by atoms with Crippen molar-refractivity contribution in [2.24, 2.45) is 0 Å². The molecule has 0 radical (unpaired) electrons. The van der Waals surface area contributed by atoms with Gasteiger partial charge < -0.3 is 0 Å². The maximum atomic E-state index is 5.04. The van der Waals surface area contributed by atoms with Crippen molar-refractivity contribution in [2.45, 2.75) is 0 Å². The Hall–Kier alpha value is -7.89. The maximum absolute atomic E-state index is 5.04. The molecule has 0 unspecified atom stereocenters. The number of fused-ring (bicyclic) bond motifs is 1. The van der Waals surface area contributed by atoms with Gasteiger partial charge in [-0.25, -0.2) is 24.9 Å². The summed E-state index contributed by atoms with van der Waals surface area (Å²) in [6, 6.07) is 73.0. The van der Waals surface area contributed by atoms with Crippen molar-refractivity contribution < 1.29 is 0 Å². The van der Waals surface area contributed by atoms with Gasteiger partial charge in [0.15, 0.2) is 23.3 Å². The number of hydrogen-bond acceptors (Lipinski definition) is 5. The van der Waals surface area contributed by atoms with Gasteiger partial charge in [0.25, 0.3) is 0 Å². The Bertz CT molecular complexity index is 2680. The van der Waals surface area contributed by atoms with E-state index in [0.29, 0.717) is 23.3 Å². The quantitative estimate of drug-likeness (QED) is 0.155. The van der Waals surface area contributed by atoms with Crippen molar-refractivity contribution in [1.29, 1.82) is 0 Å². The lowest BCUT2D eigenvalue weighted by atomic mass is 9.92. The van der Waals surface area contributed by atoms with Gasteiger partial charge in [-0.3, -0.25) is 0 Å². The summed E-state index contributed by atoms with van der Waals surface area (Å²) in [7, 11) is 0. The second kappa shape index (κ2) is 15.3. The molecule has 0 aliphatic heterocycles. The molecule has 0 spiro atoms. The van der Waals surface area contributed by atoms with Crippen LogP contribution < -0.4 is 0 Å². The molecule has 58 heavy (non-hydrogen) atoms. The van der Waals surface area contributed by atoms with E-state index in [0.717, 1.165) is 61.5 Å². The van der Waals surface area contributed by atoms with Crippen LogP contribution in [0, 0.1) is 0 Å². The van der Waals surface area contributed by atoms with Crippen LogP contribution in [0.2, 0.25) is 0 Å². The molecule has 10 aromatic rings. The minimum Gasteiger partial charge on any atom is -0.228 e. The number of benzene rings is 8. The van der Waals surface area contributed by atoms with Crippen LogP contribution >= 0.6 is 0 Å². The number of rotatable bonds is 8. The summed E-state index contributed by atoms with van der Waals surface area (Å²) in [6.07, 6.45) is 0. The van der Waals surface area contributed by atoms with Crippen molar-refractivity contribution in [3.8, 4) is 90.3 Å². The van der Waals surface area contributed by atoms with Gasteiger partial charge >= 0.3 is 0 Å². The highest BCUT2D eigenvalue weighted by Crippen LogP contribution is 2.37. The van der Waals surface area contributed by atoms with Gasteiger partial charge in [0.2, 0.25) is 0 Å². The first-order valence-corrected chi connectivity index (χ1v) is 19.3. The number of aromatic nitrogens is 5. The summed E-state index contributed by atoms with van der Waals surface area (Å²) in [4.78, 5) is 24.8. The van der Waals surface area contributed by atoms with Crippen molar-refractivity contribution in [2.75, 3.05) is 0 Å². The minimum atomic E-state index is 0.636. The first-order chi connectivity index (χ1) is 28.7. The smallest absolute Gasteiger partial charge is 0.164 e. The normalized spacial score (nSPS) is 11.1. The lowest BCUT2D eigenvalue weighted by molar-refractivity contribution is 1.07. The third-order valence-corrected chi connectivity index (χ3v) is 10.4. The minimum absolute atomic E-state index is 0.636. The second-order valence-electron chi connectivity index (χ2n) is 14.1. The van der Waals surface area contributed by atoms with Crippen LogP contribution in [0.25, 0.3) is 101 Å². The van der Waals surface area contributed by atoms with Crippen molar-refractivity contribution >= 4 is 10.8 Å². The van der Waals surface area contributed by atoms with Gasteiger partial charge in [-0.1, -0.05) is 206 Å². The fourth-order valence-electron chi connectivity index (χ4n) is 7.44. The topological polar surface area (TPSA) is 64.5 Å². The summed E-state index contributed by atoms with van der Waals surface area (Å²) < 4.78 is 0. The van der Waals surface area contributed by atoms with E-state index in [1.807, 2.05) is 97.1 Å². The first kappa shape index (κ1) is 34.6. The van der Waals surface area contributed by atoms with Crippen LogP contribution in [-0.4, -0.2) is 24.9 Å². The van der Waals surface area contributed by atoms with Crippen LogP contribution in [0.3, 0.4) is 0 Å². The summed E-state index contributed by atoms with van der Waals surface area (Å²) in [5.74, 6) is 2.62. The van der Waals surface area contributed by atoms with E-state index in [-0.39, 0.29) is 0 Å². The highest BCUT2D eigenvalue weighted by atomic mass is 15.0. The van der Waals surface area contributed by atoms with E-state index < -0.39 is 0 Å². The van der Waals surface area contributed by atoms with Crippen molar-refractivity contribution in [3.63, 3.8) is 0 Å². The van der Waals surface area contributed by atoms with E-state index in [4.69, 9.17) is 24.9 Å². The highest BCUT2D eigenvalue weighted by molar-refractivity contribution is 6.04. The van der Waals surface area contributed by atoms with Crippen LogP contribution in [0.5, 0.6) is 0 Å². The van der Waals surface area contributed by atoms with Gasteiger partial charge in [0.1, 0.15) is 0 Å². The molecule has 5 nitrogen and oxygen atoms in total. The Kier molecular flexibility index (Phi) is 9.14. The molecule has 2 heterocycles. The molecular weight excluding hydrogens is 707 g/mol. The Labute approximate surface area is 337 Å². The van der Waals surface area contributed by atoms with E-state index in [1.54, 1.807) is 0 Å². The molecule has 0 bridgehead atoms. The summed E-state index contributed by atoms with van der Waals surface area (Å²) in [5, 5.41) is 2.36. The largest absolute Gasteiger partial charge is 0.228 e. The average molecular weight is 742 g/mol. The number of nitrogens with zero attached hydrogens (tertiary/aromatic N) is 5. The second-order valence-corrected chi connectivity index (χ2v) is 14.1. The van der Waals surface area contributed by atoms with Crippen molar-refractivity contribution in [1.82, 2.24) is 24.9 Å². The lowest BCUT2D eigenvalue weighted by Gasteiger charge is -2.13. The molecule has 0 aliphatic rings. The predicted octanol–water partition coefficient (Wildman–Crippen LogP) is 13.2. The van der Waals surface area contributed by atoms with Gasteiger partial charge in [-0.2, -0.15) is 0 Å². The summed E-state index contributed by atoms with van der Waals surface area (Å²) in [6.45, 7) is 0. The summed E-state index contributed by atoms with van der Waals surface area (Å²) >= 11 is 0. The Balaban J connectivity index is 0.982. The molecule has 0 saturated carbocycles. The van der Waals surface area contributed by atoms with Crippen LogP contribution in [-0.2, 0) is 0 Å². The Morgan fingerprint density at radius 3 is 0.862 bits per heavy atom. The van der Waals surface area contributed by atoms with E-state index in [9.17, 15) is 0 Å². The monoisotopic (exact) mass is 741 g/mol. The van der Waals surface area contributed by atoms with E-state index in [1.165, 1.54) is 16.3 Å². The predicted molar refractivity (Wildman–Crippen MR) is 236 cm³/mol. The molecule has 0 saturated heterocycles. The molecule has 8 aromatic carbocycles. The fraction of sp³-hybridized carbons (Fsp3) is 0. The average Bonchev–Trinajstić information content (AvgIpc) is 3.32. The highest BCUT2D eigenvalue weighted by Gasteiger charge is 2.15. The molecule has 5 heteroatoms. The van der Waals surface area contributed by atoms with Gasteiger partial charge in [-0.05, 0) is 39.1 Å². The van der Waals surface area contributed by atoms with E-state index >= 15 is 0 Å². The van der Waals surface area contributed by atoms with Crippen LogP contribution in [0.15, 0.2) is 212 Å². The molecule has 0 fully saturated rings. The van der Waals surface area contributed by atoms with Gasteiger partial charge in [-0.15, -0.1) is 0 Å². The zero-order valence-electron chi connectivity index (χ0n) is 31.4. The molecule has 10 rings (SSSR count). The van der Waals surface area contributed by atoms with Crippen LogP contribution in [0.4, 0.5) is 0 Å². The molecule has 0 atom stereocenters. The standard InChI is InChI=1S/C53H35N5/c1-5-15-38(16-6-1)48-35-49(39-17-7-2-8-18-39)55-50(54-48)42-31-27-36(28-32-42)44-23-13-26-47-45(24-14-25-46(44)47)37-29-33-43(34-30-37)53-57-51(40-19-9-3-10-20-40)56-52(58-53)41-21-11-4-12-22-41/h1-35H. The molecular formula is C53H35N5. The van der Waals surface area contributed by atoms with Gasteiger partial charge in [0, 0.05) is 33.4 Å². The zero-order valence-corrected chi connectivity index (χ0v) is 31.4. The Morgan fingerprint density at radius 2 is 0.500 bits per heavy atom. The van der Waals surface area contributed by atoms with E-state index in [2.05, 4.69) is 115 Å². The molecule has 272 valence electrons. The molecule has 0 aliphatic carbocycles. The summed E-state index contributed by atoms with van der Waals surface area (Å²) in [5.41, 5.74) is 12.3. The third-order valence-electron chi connectivity index (χ3n) is 10.4. The fourth-order valence-corrected chi connectivity index (χ4v) is 7.44. The Morgan fingerprint density at radius 1 is 0.207 bits per heavy atom. The number of hydrogen-bond donors (Lipinski definition) is 0. The molecule has 0 amide bonds. The third kappa shape index (κ3) is 6.93. The van der Waals surface area contributed by atoms with Gasteiger partial charge in [0.05, 0.1) is 11.4 Å². The lowest BCUT2D eigenvalue weighted by Crippen LogP contribution is -2.00. The first-order valence-electron chi connectivity index (χ1n) is 19.3. The molecule has 0 N–H and O–H groups in total. The zero-order chi connectivity index (χ0) is 38.7. The SMILES string of the molecule is c1ccc(-c2cc(-c3ccccc3)nc(-c3ccc(-c4cccc5c(-c6ccc(-c7nc(-c8ccccc8)nc(-c8ccccc8)n7)cc6)cccc45)cc3)n2)cc1.